The second kappa shape index (κ2) is 332. The third-order valence-electron chi connectivity index (χ3n) is 1.71. The van der Waals surface area contributed by atoms with Crippen molar-refractivity contribution in [1.29, 1.82) is 0 Å². The van der Waals surface area contributed by atoms with Gasteiger partial charge < -0.3 is 0 Å². The molecule has 0 amide bonds. The summed E-state index contributed by atoms with van der Waals surface area (Å²) >= 11 is 0. The van der Waals surface area contributed by atoms with E-state index in [1.54, 1.807) is 0 Å². The van der Waals surface area contributed by atoms with Gasteiger partial charge in [-0.3, -0.25) is 0 Å². The first kappa shape index (κ1) is 127. The number of unbranched alkanes of at least 4 members (excludes halogenated alkanes) is 4. The van der Waals surface area contributed by atoms with Gasteiger partial charge in [-0.2, -0.15) is 0 Å². The second-order valence-corrected chi connectivity index (χ2v) is 3.35. The molecule has 0 saturated heterocycles. The Hall–Kier alpha value is 0. The van der Waals surface area contributed by atoms with Crippen molar-refractivity contribution < 1.29 is 0 Å². The summed E-state index contributed by atoms with van der Waals surface area (Å²) in [6.07, 6.45) is 9.35. The summed E-state index contributed by atoms with van der Waals surface area (Å²) in [5.74, 6) is 0. The average Bonchev–Trinajstić information content (AvgIpc) is 2.44. The van der Waals surface area contributed by atoms with Gasteiger partial charge in [-0.1, -0.05) is 188 Å². The molecule has 0 aromatic rings. The Kier molecular flexibility index (Phi) is 1560. The molecule has 0 N–H and O–H groups in total. The molecule has 0 aromatic carbocycles. The largest absolute Gasteiger partial charge is 0.0776 e. The summed E-state index contributed by atoms with van der Waals surface area (Å²) in [4.78, 5) is 0. The van der Waals surface area contributed by atoms with Crippen LogP contribution in [-0.2, 0) is 0 Å². The van der Waals surface area contributed by atoms with E-state index in [1.807, 2.05) is 27.7 Å². The highest BCUT2D eigenvalue weighted by Gasteiger charge is 1.68. The normalized spacial score (nSPS) is 4.22. The molecule has 0 heteroatoms. The van der Waals surface area contributed by atoms with Gasteiger partial charge in [0.2, 0.25) is 0 Å². The molecular weight excluding hydrogens is 324 g/mol. The van der Waals surface area contributed by atoms with Gasteiger partial charge in [-0.25, -0.2) is 0 Å². The predicted octanol–water partition coefficient (Wildman–Crippen LogP) is 14.2. The third kappa shape index (κ3) is 936. The Morgan fingerprint density at radius 3 is 0.370 bits per heavy atom. The topological polar surface area (TPSA) is 0 Å². The lowest BCUT2D eigenvalue weighted by molar-refractivity contribution is 0.772. The first-order valence-corrected chi connectivity index (χ1v) is 8.24. The van der Waals surface area contributed by atoms with Crippen molar-refractivity contribution in [3.8, 4) is 0 Å². The van der Waals surface area contributed by atoms with Crippen LogP contribution in [0.1, 0.15) is 188 Å². The molecule has 0 aliphatic rings. The maximum absolute atomic E-state index is 2.21. The van der Waals surface area contributed by atoms with Gasteiger partial charge in [0.1, 0.15) is 0 Å². The van der Waals surface area contributed by atoms with E-state index < -0.39 is 0 Å². The monoisotopic (exact) mass is 409 g/mol. The van der Waals surface area contributed by atoms with Crippen LogP contribution in [0, 0.1) is 0 Å². The summed E-state index contributed by atoms with van der Waals surface area (Å²) in [5, 5.41) is 0. The Balaban J connectivity index is -0.00000000482. The van der Waals surface area contributed by atoms with Crippen molar-refractivity contribution >= 4 is 0 Å². The molecule has 27 heavy (non-hydrogen) atoms. The molecule has 0 aliphatic carbocycles. The molecule has 0 rings (SSSR count). The van der Waals surface area contributed by atoms with Crippen LogP contribution in [0.4, 0.5) is 0 Å². The first-order valence-electron chi connectivity index (χ1n) is 8.24. The maximum atomic E-state index is 2.21. The van der Waals surface area contributed by atoms with Crippen molar-refractivity contribution in [3.05, 3.63) is 0 Å². The fourth-order valence-electron chi connectivity index (χ4n) is 0.354. The zero-order valence-corrected chi connectivity index (χ0v) is 14.9. The van der Waals surface area contributed by atoms with Crippen LogP contribution in [-0.4, -0.2) is 0 Å². The highest BCUT2D eigenvalue weighted by Crippen LogP contribution is 1.88. The molecule has 0 unspecified atom stereocenters. The first-order chi connectivity index (χ1) is 8.24. The smallest absolute Gasteiger partial charge is 0.0538 e. The lowest BCUT2D eigenvalue weighted by Crippen LogP contribution is -1.59. The molecule has 0 bridgehead atoms. The van der Waals surface area contributed by atoms with Crippen LogP contribution in [0.15, 0.2) is 0 Å². The van der Waals surface area contributed by atoms with Crippen LogP contribution >= 0.6 is 0 Å². The van der Waals surface area contributed by atoms with Crippen LogP contribution < -0.4 is 0 Å². The molecule has 0 fully saturated rings. The van der Waals surface area contributed by atoms with E-state index in [-0.39, 0.29) is 74.3 Å². The molecule has 0 aliphatic heterocycles. The van der Waals surface area contributed by atoms with Crippen LogP contribution in [0.25, 0.3) is 0 Å². The number of hydrogen-bond acceptors (Lipinski definition) is 0. The predicted molar refractivity (Wildman–Crippen MR) is 156 cm³/mol. The minimum atomic E-state index is 0. The molecule has 192 valence electrons. The van der Waals surface area contributed by atoms with E-state index in [0.717, 1.165) is 0 Å². The number of rotatable bonds is 4. The molecule has 0 heterocycles. The minimum absolute atomic E-state index is 0. The molecule has 0 radical (unpaired) electrons. The summed E-state index contributed by atoms with van der Waals surface area (Å²) in [6, 6.07) is 0. The van der Waals surface area contributed by atoms with Crippen molar-refractivity contribution in [1.82, 2.24) is 0 Å². The van der Waals surface area contributed by atoms with Gasteiger partial charge in [0.05, 0.1) is 0 Å². The van der Waals surface area contributed by atoms with Gasteiger partial charge >= 0.3 is 0 Å². The van der Waals surface area contributed by atoms with E-state index in [9.17, 15) is 0 Å². The third-order valence-corrected chi connectivity index (χ3v) is 1.71. The van der Waals surface area contributed by atoms with Crippen LogP contribution in [0.5, 0.6) is 0 Å². The quantitative estimate of drug-likeness (QED) is 0.433. The second-order valence-electron chi connectivity index (χ2n) is 3.35. The fourth-order valence-corrected chi connectivity index (χ4v) is 0.354. The van der Waals surface area contributed by atoms with E-state index in [1.165, 1.54) is 44.9 Å². The van der Waals surface area contributed by atoms with E-state index >= 15 is 0 Å². The van der Waals surface area contributed by atoms with E-state index in [0.29, 0.717) is 0 Å². The van der Waals surface area contributed by atoms with Gasteiger partial charge in [-0.05, 0) is 0 Å². The zero-order valence-electron chi connectivity index (χ0n) is 14.9. The Bertz CT molecular complexity index is 29.3. The standard InChI is InChI=1S/C5H12.2C4H10.2C2H6.10CH4/c1-3-5-4-2;2*1-3-4-2;2*1-2;;;;;;;;;;/h3-5H2,1-2H3;2*3-4H2,1-2H3;2*1-2H3;10*1H4. The average molecular weight is 409 g/mol. The highest BCUT2D eigenvalue weighted by atomic mass is 13.7. The van der Waals surface area contributed by atoms with Gasteiger partial charge in [-0.15, -0.1) is 0 Å². The lowest BCUT2D eigenvalue weighted by atomic mass is 10.3. The highest BCUT2D eigenvalue weighted by molar-refractivity contribution is 4.24. The molecule has 0 saturated carbocycles. The summed E-state index contributed by atoms with van der Waals surface area (Å²) in [7, 11) is 0. The fraction of sp³-hybridized carbons (Fsp3) is 1.00. The van der Waals surface area contributed by atoms with Crippen molar-refractivity contribution in [2.75, 3.05) is 0 Å². The SMILES string of the molecule is C.C.C.C.C.C.C.C.C.C.CC.CC.CCCC.CCCC.CCCCC. The molecule has 0 aromatic heterocycles. The maximum Gasteiger partial charge on any atom is -0.0538 e. The Morgan fingerprint density at radius 1 is 0.259 bits per heavy atom. The van der Waals surface area contributed by atoms with Crippen molar-refractivity contribution in [3.63, 3.8) is 0 Å². The molecule has 0 spiro atoms. The minimum Gasteiger partial charge on any atom is -0.0776 e. The Morgan fingerprint density at radius 2 is 0.370 bits per heavy atom. The molecule has 0 atom stereocenters. The van der Waals surface area contributed by atoms with Gasteiger partial charge in [0.15, 0.2) is 0 Å². The number of hydrogen-bond donors (Lipinski definition) is 0. The zero-order chi connectivity index (χ0) is 14.9. The summed E-state index contributed by atoms with van der Waals surface area (Å²) < 4.78 is 0. The van der Waals surface area contributed by atoms with Crippen molar-refractivity contribution in [2.45, 2.75) is 188 Å². The van der Waals surface area contributed by atoms with Crippen LogP contribution in [0.2, 0.25) is 0 Å². The summed E-state index contributed by atoms with van der Waals surface area (Å²) in [5.41, 5.74) is 0. The Labute approximate surface area is 188 Å². The molecule has 0 nitrogen and oxygen atoms in total. The molecular formula is C27H84. The van der Waals surface area contributed by atoms with Crippen molar-refractivity contribution in [2.24, 2.45) is 0 Å². The lowest BCUT2D eigenvalue weighted by Gasteiger charge is -1.79. The van der Waals surface area contributed by atoms with Gasteiger partial charge in [0.25, 0.3) is 0 Å². The van der Waals surface area contributed by atoms with E-state index in [4.69, 9.17) is 0 Å². The van der Waals surface area contributed by atoms with Crippen LogP contribution in [0.3, 0.4) is 0 Å². The van der Waals surface area contributed by atoms with E-state index in [2.05, 4.69) is 41.5 Å². The summed E-state index contributed by atoms with van der Waals surface area (Å²) in [6.45, 7) is 21.1. The van der Waals surface area contributed by atoms with Gasteiger partial charge in [0, 0.05) is 0 Å².